The van der Waals surface area contributed by atoms with E-state index in [4.69, 9.17) is 0 Å². The largest absolute Gasteiger partial charge is 0.338 e. The Balaban J connectivity index is 1.69. The van der Waals surface area contributed by atoms with Crippen molar-refractivity contribution in [3.8, 4) is 0 Å². The molecular weight excluding hydrogens is 290 g/mol. The molecular formula is C14H27N3O3S. The van der Waals surface area contributed by atoms with E-state index in [1.165, 1.54) is 0 Å². The van der Waals surface area contributed by atoms with Gasteiger partial charge in [-0.1, -0.05) is 19.8 Å². The van der Waals surface area contributed by atoms with Gasteiger partial charge in [-0.3, -0.25) is 4.90 Å². The lowest BCUT2D eigenvalue weighted by Gasteiger charge is -2.37. The maximum atomic E-state index is 12.0. The second-order valence-corrected chi connectivity index (χ2v) is 8.25. The van der Waals surface area contributed by atoms with Crippen molar-refractivity contribution in [1.29, 1.82) is 0 Å². The molecule has 1 N–H and O–H groups in total. The van der Waals surface area contributed by atoms with Gasteiger partial charge in [0.25, 0.3) is 0 Å². The molecule has 0 spiro atoms. The molecule has 2 saturated heterocycles. The Kier molecular flexibility index (Phi) is 5.87. The number of hydrogen-bond donors (Lipinski definition) is 1. The molecule has 0 saturated carbocycles. The molecule has 122 valence electrons. The number of nitrogens with one attached hydrogen (secondary N) is 1. The maximum Gasteiger partial charge on any atom is 0.317 e. The van der Waals surface area contributed by atoms with Gasteiger partial charge in [0.2, 0.25) is 0 Å². The molecule has 0 aromatic carbocycles. The lowest BCUT2D eigenvalue weighted by molar-refractivity contribution is 0.116. The second kappa shape index (κ2) is 7.45. The van der Waals surface area contributed by atoms with E-state index in [9.17, 15) is 13.2 Å². The molecule has 2 aliphatic heterocycles. The van der Waals surface area contributed by atoms with E-state index >= 15 is 0 Å². The molecule has 6 nitrogen and oxygen atoms in total. The molecule has 0 aromatic heterocycles. The van der Waals surface area contributed by atoms with Crippen molar-refractivity contribution in [2.24, 2.45) is 0 Å². The molecule has 2 fully saturated rings. The molecule has 2 amide bonds. The van der Waals surface area contributed by atoms with Crippen molar-refractivity contribution in [1.82, 2.24) is 15.1 Å². The summed E-state index contributed by atoms with van der Waals surface area (Å²) in [5.41, 5.74) is 0. The standard InChI is InChI=1S/C14H27N3O3S/c1-2-3-4-6-15-14(18)17-9-7-16(8-10-17)13-5-11-21(19,20)12-13/h13H,2-12H2,1H3,(H,15,18). The smallest absolute Gasteiger partial charge is 0.317 e. The van der Waals surface area contributed by atoms with Crippen LogP contribution >= 0.6 is 0 Å². The number of sulfone groups is 1. The van der Waals surface area contributed by atoms with Gasteiger partial charge in [0, 0.05) is 38.8 Å². The van der Waals surface area contributed by atoms with E-state index in [1.807, 2.05) is 4.90 Å². The number of unbranched alkanes of at least 4 members (excludes halogenated alkanes) is 2. The Morgan fingerprint density at radius 1 is 1.19 bits per heavy atom. The average molecular weight is 317 g/mol. The molecule has 0 aliphatic carbocycles. The first-order valence-corrected chi connectivity index (χ1v) is 9.81. The van der Waals surface area contributed by atoms with Crippen molar-refractivity contribution in [3.05, 3.63) is 0 Å². The fourth-order valence-corrected chi connectivity index (χ4v) is 4.80. The highest BCUT2D eigenvalue weighted by atomic mass is 32.2. The Labute approximate surface area is 127 Å². The minimum Gasteiger partial charge on any atom is -0.338 e. The van der Waals surface area contributed by atoms with Crippen LogP contribution in [-0.4, -0.2) is 74.5 Å². The first-order chi connectivity index (χ1) is 10.0. The Hall–Kier alpha value is -0.820. The fraction of sp³-hybridized carbons (Fsp3) is 0.929. The number of carbonyl (C=O) groups is 1. The van der Waals surface area contributed by atoms with E-state index < -0.39 is 9.84 Å². The van der Waals surface area contributed by atoms with Crippen LogP contribution in [0, 0.1) is 0 Å². The number of carbonyl (C=O) groups excluding carboxylic acids is 1. The molecule has 2 heterocycles. The minimum absolute atomic E-state index is 0.0183. The highest BCUT2D eigenvalue weighted by Crippen LogP contribution is 2.19. The predicted octanol–water partition coefficient (Wildman–Crippen LogP) is 0.691. The van der Waals surface area contributed by atoms with E-state index in [2.05, 4.69) is 17.1 Å². The van der Waals surface area contributed by atoms with Crippen LogP contribution in [0.1, 0.15) is 32.6 Å². The number of urea groups is 1. The van der Waals surface area contributed by atoms with E-state index in [0.717, 1.165) is 45.3 Å². The van der Waals surface area contributed by atoms with Crippen LogP contribution in [-0.2, 0) is 9.84 Å². The van der Waals surface area contributed by atoms with Gasteiger partial charge in [-0.05, 0) is 12.8 Å². The van der Waals surface area contributed by atoms with Gasteiger partial charge >= 0.3 is 6.03 Å². The monoisotopic (exact) mass is 317 g/mol. The summed E-state index contributed by atoms with van der Waals surface area (Å²) in [4.78, 5) is 16.1. The molecule has 1 unspecified atom stereocenters. The topological polar surface area (TPSA) is 69.7 Å². The molecule has 2 aliphatic rings. The van der Waals surface area contributed by atoms with Crippen LogP contribution < -0.4 is 5.32 Å². The lowest BCUT2D eigenvalue weighted by atomic mass is 10.2. The van der Waals surface area contributed by atoms with Crippen molar-refractivity contribution >= 4 is 15.9 Å². The highest BCUT2D eigenvalue weighted by Gasteiger charge is 2.34. The van der Waals surface area contributed by atoms with E-state index in [0.29, 0.717) is 18.8 Å². The van der Waals surface area contributed by atoms with Gasteiger partial charge in [0.1, 0.15) is 0 Å². The van der Waals surface area contributed by atoms with Gasteiger partial charge in [0.15, 0.2) is 9.84 Å². The first kappa shape index (κ1) is 16.5. The predicted molar refractivity (Wildman–Crippen MR) is 83.1 cm³/mol. The average Bonchev–Trinajstić information content (AvgIpc) is 2.84. The molecule has 7 heteroatoms. The Morgan fingerprint density at radius 3 is 2.48 bits per heavy atom. The third-order valence-electron chi connectivity index (χ3n) is 4.38. The SMILES string of the molecule is CCCCCNC(=O)N1CCN(C2CCS(=O)(=O)C2)CC1. The van der Waals surface area contributed by atoms with Crippen LogP contribution in [0.4, 0.5) is 4.79 Å². The van der Waals surface area contributed by atoms with Gasteiger partial charge < -0.3 is 10.2 Å². The molecule has 0 bridgehead atoms. The number of piperazine rings is 1. The summed E-state index contributed by atoms with van der Waals surface area (Å²) in [6.07, 6.45) is 4.07. The number of amides is 2. The van der Waals surface area contributed by atoms with Crippen molar-refractivity contribution in [3.63, 3.8) is 0 Å². The summed E-state index contributed by atoms with van der Waals surface area (Å²) in [5.74, 6) is 0.603. The molecule has 0 aromatic rings. The Morgan fingerprint density at radius 2 is 1.90 bits per heavy atom. The first-order valence-electron chi connectivity index (χ1n) is 7.99. The molecule has 1 atom stereocenters. The second-order valence-electron chi connectivity index (χ2n) is 6.02. The lowest BCUT2D eigenvalue weighted by Crippen LogP contribution is -2.54. The summed E-state index contributed by atoms with van der Waals surface area (Å²) >= 11 is 0. The molecule has 0 radical (unpaired) electrons. The zero-order chi connectivity index (χ0) is 15.3. The number of rotatable bonds is 5. The Bertz CT molecular complexity index is 444. The van der Waals surface area contributed by atoms with Gasteiger partial charge in [0.05, 0.1) is 11.5 Å². The van der Waals surface area contributed by atoms with Gasteiger partial charge in [-0.15, -0.1) is 0 Å². The summed E-state index contributed by atoms with van der Waals surface area (Å²) in [6, 6.07) is 0.176. The molecule has 2 rings (SSSR count). The minimum atomic E-state index is -2.83. The fourth-order valence-electron chi connectivity index (χ4n) is 3.04. The van der Waals surface area contributed by atoms with E-state index in [1.54, 1.807) is 0 Å². The van der Waals surface area contributed by atoms with E-state index in [-0.39, 0.29) is 17.8 Å². The summed E-state index contributed by atoms with van der Waals surface area (Å²) < 4.78 is 23.1. The quantitative estimate of drug-likeness (QED) is 0.758. The van der Waals surface area contributed by atoms with Crippen LogP contribution in [0.15, 0.2) is 0 Å². The molecule has 21 heavy (non-hydrogen) atoms. The van der Waals surface area contributed by atoms with Crippen LogP contribution in [0.3, 0.4) is 0 Å². The highest BCUT2D eigenvalue weighted by molar-refractivity contribution is 7.91. The summed E-state index contributed by atoms with van der Waals surface area (Å²) in [5, 5.41) is 2.96. The normalized spacial score (nSPS) is 26.0. The number of hydrogen-bond acceptors (Lipinski definition) is 4. The van der Waals surface area contributed by atoms with Crippen LogP contribution in [0.5, 0.6) is 0 Å². The number of nitrogens with zero attached hydrogens (tertiary/aromatic N) is 2. The van der Waals surface area contributed by atoms with Crippen molar-refractivity contribution in [2.45, 2.75) is 38.6 Å². The van der Waals surface area contributed by atoms with Crippen LogP contribution in [0.2, 0.25) is 0 Å². The third kappa shape index (κ3) is 4.85. The van der Waals surface area contributed by atoms with Crippen molar-refractivity contribution in [2.75, 3.05) is 44.2 Å². The third-order valence-corrected chi connectivity index (χ3v) is 6.13. The van der Waals surface area contributed by atoms with Crippen molar-refractivity contribution < 1.29 is 13.2 Å². The maximum absolute atomic E-state index is 12.0. The summed E-state index contributed by atoms with van der Waals surface area (Å²) in [6.45, 7) is 5.83. The zero-order valence-electron chi connectivity index (χ0n) is 12.9. The summed E-state index contributed by atoms with van der Waals surface area (Å²) in [7, 11) is -2.83. The zero-order valence-corrected chi connectivity index (χ0v) is 13.7. The van der Waals surface area contributed by atoms with Gasteiger partial charge in [-0.2, -0.15) is 0 Å². The van der Waals surface area contributed by atoms with Crippen LogP contribution in [0.25, 0.3) is 0 Å². The van der Waals surface area contributed by atoms with Gasteiger partial charge in [-0.25, -0.2) is 13.2 Å².